The summed E-state index contributed by atoms with van der Waals surface area (Å²) in [7, 11) is 0. The van der Waals surface area contributed by atoms with E-state index < -0.39 is 0 Å². The highest BCUT2D eigenvalue weighted by molar-refractivity contribution is 8.13. The zero-order chi connectivity index (χ0) is 17.6. The first-order valence-electron chi connectivity index (χ1n) is 8.37. The van der Waals surface area contributed by atoms with Crippen LogP contribution in [0.15, 0.2) is 47.6 Å². The highest BCUT2D eigenvalue weighted by Crippen LogP contribution is 2.27. The molecule has 25 heavy (non-hydrogen) atoms. The molecular weight excluding hydrogens is 334 g/mol. The van der Waals surface area contributed by atoms with E-state index in [1.165, 1.54) is 0 Å². The van der Waals surface area contributed by atoms with Gasteiger partial charge in [-0.15, -0.1) is 0 Å². The lowest BCUT2D eigenvalue weighted by Crippen LogP contribution is -2.39. The van der Waals surface area contributed by atoms with Crippen LogP contribution in [0.2, 0.25) is 0 Å². The molecule has 1 aromatic heterocycles. The molecular formula is C19H21N3O2S. The Hall–Kier alpha value is -2.34. The molecule has 1 aliphatic rings. The van der Waals surface area contributed by atoms with Crippen LogP contribution in [0.5, 0.6) is 5.88 Å². The molecule has 1 aromatic carbocycles. The van der Waals surface area contributed by atoms with E-state index in [9.17, 15) is 4.79 Å². The van der Waals surface area contributed by atoms with Crippen molar-refractivity contribution >= 4 is 28.5 Å². The number of para-hydroxylation sites is 1. The normalized spacial score (nSPS) is 16.1. The van der Waals surface area contributed by atoms with Crippen molar-refractivity contribution in [1.82, 2.24) is 9.88 Å². The highest BCUT2D eigenvalue weighted by Gasteiger charge is 2.27. The summed E-state index contributed by atoms with van der Waals surface area (Å²) in [6.45, 7) is 5.02. The summed E-state index contributed by atoms with van der Waals surface area (Å²) in [5.41, 5.74) is 2.45. The average Bonchev–Trinajstić information content (AvgIpc) is 2.64. The lowest BCUT2D eigenvalue weighted by molar-refractivity contribution is 0.0844. The molecule has 0 radical (unpaired) electrons. The fourth-order valence-electron chi connectivity index (χ4n) is 2.58. The number of hydrogen-bond acceptors (Lipinski definition) is 5. The van der Waals surface area contributed by atoms with E-state index in [2.05, 4.69) is 4.98 Å². The zero-order valence-corrected chi connectivity index (χ0v) is 15.3. The predicted octanol–water partition coefficient (Wildman–Crippen LogP) is 4.06. The molecule has 0 unspecified atom stereocenters. The van der Waals surface area contributed by atoms with E-state index in [1.54, 1.807) is 35.0 Å². The first-order chi connectivity index (χ1) is 12.2. The van der Waals surface area contributed by atoms with Gasteiger partial charge in [0.25, 0.3) is 5.91 Å². The number of amides is 1. The van der Waals surface area contributed by atoms with E-state index in [1.807, 2.05) is 38.1 Å². The van der Waals surface area contributed by atoms with Crippen LogP contribution in [0.3, 0.4) is 0 Å². The van der Waals surface area contributed by atoms with E-state index >= 15 is 0 Å². The molecule has 3 rings (SSSR count). The number of carbonyl (C=O) groups is 1. The Labute approximate surface area is 152 Å². The smallest absolute Gasteiger partial charge is 0.265 e. The molecule has 0 N–H and O–H groups in total. The minimum Gasteiger partial charge on any atom is -0.477 e. The molecule has 2 aromatic rings. The van der Waals surface area contributed by atoms with Crippen molar-refractivity contribution < 1.29 is 9.53 Å². The van der Waals surface area contributed by atoms with E-state index in [0.29, 0.717) is 24.6 Å². The minimum absolute atomic E-state index is 0.115. The molecule has 1 aliphatic heterocycles. The van der Waals surface area contributed by atoms with Crippen LogP contribution in [-0.4, -0.2) is 39.9 Å². The van der Waals surface area contributed by atoms with Gasteiger partial charge < -0.3 is 4.74 Å². The molecule has 130 valence electrons. The molecule has 0 atom stereocenters. The SMILES string of the molecule is CCOc1ncccc1C(=O)N1CCCSC1=Nc1ccccc1C. The molecule has 0 saturated carbocycles. The van der Waals surface area contributed by atoms with E-state index in [4.69, 9.17) is 9.73 Å². The van der Waals surface area contributed by atoms with Crippen molar-refractivity contribution in [1.29, 1.82) is 0 Å². The number of nitrogens with zero attached hydrogens (tertiary/aromatic N) is 3. The molecule has 2 heterocycles. The second-order valence-electron chi connectivity index (χ2n) is 5.63. The number of amidine groups is 1. The summed E-state index contributed by atoms with van der Waals surface area (Å²) in [5, 5.41) is 0.733. The number of aliphatic imine (C=N–C) groups is 1. The molecule has 1 saturated heterocycles. The van der Waals surface area contributed by atoms with E-state index in [-0.39, 0.29) is 5.91 Å². The van der Waals surface area contributed by atoms with Crippen LogP contribution in [0.25, 0.3) is 0 Å². The van der Waals surface area contributed by atoms with Crippen LogP contribution in [0.1, 0.15) is 29.3 Å². The number of benzene rings is 1. The van der Waals surface area contributed by atoms with Gasteiger partial charge in [-0.25, -0.2) is 9.98 Å². The lowest BCUT2D eigenvalue weighted by Gasteiger charge is -2.28. The Morgan fingerprint density at radius 1 is 1.32 bits per heavy atom. The van der Waals surface area contributed by atoms with Gasteiger partial charge in [0.05, 0.1) is 12.3 Å². The average molecular weight is 355 g/mol. The second-order valence-corrected chi connectivity index (χ2v) is 6.69. The van der Waals surface area contributed by atoms with Crippen molar-refractivity contribution in [3.63, 3.8) is 0 Å². The van der Waals surface area contributed by atoms with Crippen molar-refractivity contribution in [2.75, 3.05) is 18.9 Å². The summed E-state index contributed by atoms with van der Waals surface area (Å²) < 4.78 is 5.52. The van der Waals surface area contributed by atoms with Crippen molar-refractivity contribution in [2.24, 2.45) is 4.99 Å². The largest absolute Gasteiger partial charge is 0.477 e. The number of thioether (sulfide) groups is 1. The lowest BCUT2D eigenvalue weighted by atomic mass is 10.2. The molecule has 0 aliphatic carbocycles. The third-order valence-corrected chi connectivity index (χ3v) is 4.91. The summed E-state index contributed by atoms with van der Waals surface area (Å²) in [5.74, 6) is 1.22. The maximum atomic E-state index is 13.1. The second kappa shape index (κ2) is 8.16. The van der Waals surface area contributed by atoms with Gasteiger partial charge >= 0.3 is 0 Å². The number of hydrogen-bond donors (Lipinski definition) is 0. The molecule has 0 bridgehead atoms. The summed E-state index contributed by atoms with van der Waals surface area (Å²) in [4.78, 5) is 23.8. The fourth-order valence-corrected chi connectivity index (χ4v) is 3.53. The highest BCUT2D eigenvalue weighted by atomic mass is 32.2. The molecule has 0 spiro atoms. The maximum absolute atomic E-state index is 13.1. The van der Waals surface area contributed by atoms with Crippen LogP contribution >= 0.6 is 11.8 Å². The summed E-state index contributed by atoms with van der Waals surface area (Å²) in [6, 6.07) is 11.4. The van der Waals surface area contributed by atoms with Gasteiger partial charge in [-0.2, -0.15) is 0 Å². The monoisotopic (exact) mass is 355 g/mol. The number of pyridine rings is 1. The number of aryl methyl sites for hydroxylation is 1. The maximum Gasteiger partial charge on any atom is 0.265 e. The molecule has 5 nitrogen and oxygen atoms in total. The van der Waals surface area contributed by atoms with E-state index in [0.717, 1.165) is 28.6 Å². The van der Waals surface area contributed by atoms with Crippen molar-refractivity contribution in [2.45, 2.75) is 20.3 Å². The van der Waals surface area contributed by atoms with Gasteiger partial charge in [0.2, 0.25) is 5.88 Å². The molecule has 1 fully saturated rings. The Balaban J connectivity index is 1.94. The zero-order valence-electron chi connectivity index (χ0n) is 14.4. The van der Waals surface area contributed by atoms with Gasteiger partial charge in [-0.1, -0.05) is 30.0 Å². The Morgan fingerprint density at radius 2 is 2.16 bits per heavy atom. The fraction of sp³-hybridized carbons (Fsp3) is 0.316. The van der Waals surface area contributed by atoms with Crippen LogP contribution in [-0.2, 0) is 0 Å². The first kappa shape index (κ1) is 17.5. The predicted molar refractivity (Wildman–Crippen MR) is 102 cm³/mol. The Kier molecular flexibility index (Phi) is 5.71. The minimum atomic E-state index is -0.115. The number of aromatic nitrogens is 1. The quantitative estimate of drug-likeness (QED) is 0.830. The standard InChI is InChI=1S/C19H21N3O2S/c1-3-24-17-15(9-6-11-20-17)18(23)22-12-7-13-25-19(22)21-16-10-5-4-8-14(16)2/h4-6,8-11H,3,7,12-13H2,1-2H3. The third-order valence-electron chi connectivity index (χ3n) is 3.85. The van der Waals surface area contributed by atoms with Gasteiger partial charge in [0.15, 0.2) is 5.17 Å². The number of carbonyl (C=O) groups excluding carboxylic acids is 1. The van der Waals surface area contributed by atoms with Crippen molar-refractivity contribution in [3.05, 3.63) is 53.7 Å². The number of rotatable bonds is 4. The van der Waals surface area contributed by atoms with Crippen molar-refractivity contribution in [3.8, 4) is 5.88 Å². The molecule has 6 heteroatoms. The van der Waals surface area contributed by atoms with Crippen LogP contribution in [0.4, 0.5) is 5.69 Å². The Morgan fingerprint density at radius 3 is 2.96 bits per heavy atom. The molecule has 1 amide bonds. The summed E-state index contributed by atoms with van der Waals surface area (Å²) in [6.07, 6.45) is 2.57. The third kappa shape index (κ3) is 4.02. The van der Waals surface area contributed by atoms with Crippen LogP contribution < -0.4 is 4.74 Å². The van der Waals surface area contributed by atoms with Crippen LogP contribution in [0, 0.1) is 6.92 Å². The topological polar surface area (TPSA) is 54.8 Å². The van der Waals surface area contributed by atoms with Gasteiger partial charge in [0, 0.05) is 18.5 Å². The first-order valence-corrected chi connectivity index (χ1v) is 9.36. The van der Waals surface area contributed by atoms with Gasteiger partial charge in [-0.3, -0.25) is 9.69 Å². The van der Waals surface area contributed by atoms with Gasteiger partial charge in [0.1, 0.15) is 5.56 Å². The Bertz CT molecular complexity index is 792. The summed E-state index contributed by atoms with van der Waals surface area (Å²) >= 11 is 1.61. The van der Waals surface area contributed by atoms with Gasteiger partial charge in [-0.05, 0) is 44.0 Å². The number of ether oxygens (including phenoxy) is 1.